The second-order valence-corrected chi connectivity index (χ2v) is 8.51. The number of morpholine rings is 1. The first-order valence-corrected chi connectivity index (χ1v) is 11.8. The molecule has 5 rings (SSSR count). The number of ether oxygens (including phenoxy) is 1. The minimum atomic E-state index is -0.439. The van der Waals surface area contributed by atoms with Crippen LogP contribution in [0.25, 0.3) is 22.0 Å². The van der Waals surface area contributed by atoms with Crippen molar-refractivity contribution < 1.29 is 13.9 Å². The summed E-state index contributed by atoms with van der Waals surface area (Å²) in [6.45, 7) is 5.25. The number of amides is 1. The zero-order valence-electron chi connectivity index (χ0n) is 19.9. The zero-order chi connectivity index (χ0) is 25.8. The molecule has 0 radical (unpaired) electrons. The van der Waals surface area contributed by atoms with E-state index < -0.39 is 5.82 Å². The second-order valence-electron chi connectivity index (χ2n) is 8.51. The molecule has 1 aliphatic rings. The van der Waals surface area contributed by atoms with Gasteiger partial charge in [-0.05, 0) is 48.0 Å². The van der Waals surface area contributed by atoms with Crippen LogP contribution >= 0.6 is 0 Å². The average molecular weight is 500 g/mol. The van der Waals surface area contributed by atoms with Gasteiger partial charge in [-0.15, -0.1) is 0 Å². The molecule has 1 saturated heterocycles. The third-order valence-corrected chi connectivity index (χ3v) is 6.07. The molecule has 0 saturated carbocycles. The van der Waals surface area contributed by atoms with Gasteiger partial charge in [0, 0.05) is 35.9 Å². The van der Waals surface area contributed by atoms with Crippen molar-refractivity contribution in [1.29, 1.82) is 0 Å². The van der Waals surface area contributed by atoms with Crippen molar-refractivity contribution in [3.8, 4) is 11.1 Å². The van der Waals surface area contributed by atoms with Crippen LogP contribution < -0.4 is 21.7 Å². The molecule has 0 aliphatic carbocycles. The Balaban J connectivity index is 1.44. The number of carbonyl (C=O) groups is 1. The van der Waals surface area contributed by atoms with Crippen molar-refractivity contribution in [2.24, 2.45) is 5.73 Å². The van der Waals surface area contributed by atoms with E-state index in [1.807, 2.05) is 12.1 Å². The molecule has 37 heavy (non-hydrogen) atoms. The lowest BCUT2D eigenvalue weighted by molar-refractivity contribution is -0.111. The number of benzene rings is 2. The Kier molecular flexibility index (Phi) is 7.13. The van der Waals surface area contributed by atoms with E-state index in [1.165, 1.54) is 12.1 Å². The fourth-order valence-corrected chi connectivity index (χ4v) is 4.28. The molecule has 0 spiro atoms. The quantitative estimate of drug-likeness (QED) is 0.284. The molecule has 5 N–H and O–H groups in total. The van der Waals surface area contributed by atoms with Crippen LogP contribution in [0.3, 0.4) is 0 Å². The van der Waals surface area contributed by atoms with Crippen LogP contribution in [0, 0.1) is 5.82 Å². The van der Waals surface area contributed by atoms with E-state index in [0.29, 0.717) is 52.5 Å². The van der Waals surface area contributed by atoms with Crippen LogP contribution in [-0.4, -0.2) is 46.6 Å². The number of hydrogen-bond acceptors (Lipinski definition) is 8. The van der Waals surface area contributed by atoms with Crippen LogP contribution in [0.5, 0.6) is 0 Å². The molecule has 2 unspecified atom stereocenters. The number of nitrogens with zero attached hydrogens (tertiary/aromatic N) is 3. The fraction of sp³-hybridized carbons (Fsp3) is 0.185. The summed E-state index contributed by atoms with van der Waals surface area (Å²) < 4.78 is 20.9. The minimum Gasteiger partial charge on any atom is -0.369 e. The number of anilines is 3. The Labute approximate surface area is 213 Å². The van der Waals surface area contributed by atoms with Gasteiger partial charge in [0.15, 0.2) is 0 Å². The Morgan fingerprint density at radius 1 is 1.19 bits per heavy atom. The predicted octanol–water partition coefficient (Wildman–Crippen LogP) is 3.69. The number of nitrogens with one attached hydrogen (secondary N) is 3. The summed E-state index contributed by atoms with van der Waals surface area (Å²) >= 11 is 0. The number of pyridine rings is 1. The van der Waals surface area contributed by atoms with Gasteiger partial charge >= 0.3 is 0 Å². The van der Waals surface area contributed by atoms with Gasteiger partial charge in [-0.1, -0.05) is 18.7 Å². The summed E-state index contributed by atoms with van der Waals surface area (Å²) in [5.74, 6) is -0.500. The lowest BCUT2D eigenvalue weighted by Gasteiger charge is -2.31. The smallest absolute Gasteiger partial charge is 0.247 e. The number of fused-ring (bicyclic) bond motifs is 1. The molecule has 4 aromatic rings. The predicted molar refractivity (Wildman–Crippen MR) is 141 cm³/mol. The van der Waals surface area contributed by atoms with Crippen molar-refractivity contribution >= 4 is 34.1 Å². The van der Waals surface area contributed by atoms with Gasteiger partial charge in [-0.2, -0.15) is 0 Å². The van der Waals surface area contributed by atoms with E-state index in [1.54, 1.807) is 42.7 Å². The van der Waals surface area contributed by atoms with Crippen LogP contribution in [0.15, 0.2) is 73.6 Å². The van der Waals surface area contributed by atoms with Crippen LogP contribution in [0.4, 0.5) is 21.7 Å². The SMILES string of the molecule is C=CC(=O)Nc1cccc(-c2c(F)ccc3cnc(Nc4ccc(C5OCCNC5CN)nc4)nc23)c1. The molecule has 2 aromatic carbocycles. The fourth-order valence-electron chi connectivity index (χ4n) is 4.28. The largest absolute Gasteiger partial charge is 0.369 e. The first kappa shape index (κ1) is 24.4. The standard InChI is InChI=1S/C27H26FN7O2/c1-2-23(36)33-18-5-3-4-16(12-18)24-20(28)8-6-17-14-32-27(35-25(17)24)34-19-7-9-21(31-15-19)26-22(13-29)30-10-11-37-26/h2-9,12,14-15,22,26,30H,1,10-11,13,29H2,(H,33,36)(H,32,34,35). The number of carbonyl (C=O) groups excluding carboxylic acids is 1. The highest BCUT2D eigenvalue weighted by Gasteiger charge is 2.27. The maximum atomic E-state index is 15.1. The highest BCUT2D eigenvalue weighted by atomic mass is 19.1. The van der Waals surface area contributed by atoms with Gasteiger partial charge in [0.1, 0.15) is 11.9 Å². The highest BCUT2D eigenvalue weighted by molar-refractivity contribution is 6.00. The van der Waals surface area contributed by atoms with Gasteiger partial charge in [0.2, 0.25) is 11.9 Å². The van der Waals surface area contributed by atoms with Crippen LogP contribution in [0.2, 0.25) is 0 Å². The number of nitrogens with two attached hydrogens (primary N) is 1. The minimum absolute atomic E-state index is 0.000733. The maximum absolute atomic E-state index is 15.1. The van der Waals surface area contributed by atoms with E-state index in [0.717, 1.165) is 12.2 Å². The second kappa shape index (κ2) is 10.8. The number of hydrogen-bond donors (Lipinski definition) is 4. The average Bonchev–Trinajstić information content (AvgIpc) is 2.93. The maximum Gasteiger partial charge on any atom is 0.247 e. The van der Waals surface area contributed by atoms with Gasteiger partial charge in [-0.3, -0.25) is 9.78 Å². The summed E-state index contributed by atoms with van der Waals surface area (Å²) in [6.07, 6.45) is 4.26. The molecule has 0 bridgehead atoms. The summed E-state index contributed by atoms with van der Waals surface area (Å²) in [5, 5.41) is 9.85. The van der Waals surface area contributed by atoms with E-state index in [4.69, 9.17) is 10.5 Å². The number of aromatic nitrogens is 3. The molecule has 1 fully saturated rings. The summed E-state index contributed by atoms with van der Waals surface area (Å²) in [4.78, 5) is 25.2. The molecule has 9 nitrogen and oxygen atoms in total. The van der Waals surface area contributed by atoms with Crippen LogP contribution in [-0.2, 0) is 9.53 Å². The summed E-state index contributed by atoms with van der Waals surface area (Å²) in [6, 6.07) is 13.6. The van der Waals surface area contributed by atoms with Crippen molar-refractivity contribution in [3.05, 3.63) is 85.1 Å². The first-order valence-electron chi connectivity index (χ1n) is 11.8. The lowest BCUT2D eigenvalue weighted by Crippen LogP contribution is -2.48. The summed E-state index contributed by atoms with van der Waals surface area (Å²) in [7, 11) is 0. The molecule has 3 heterocycles. The Bertz CT molecular complexity index is 1440. The molecular formula is C27H26FN7O2. The summed E-state index contributed by atoms with van der Waals surface area (Å²) in [5.41, 5.74) is 9.13. The van der Waals surface area contributed by atoms with Crippen molar-refractivity contribution in [1.82, 2.24) is 20.3 Å². The molecule has 10 heteroatoms. The first-order chi connectivity index (χ1) is 18.1. The molecule has 2 atom stereocenters. The van der Waals surface area contributed by atoms with Gasteiger partial charge in [0.25, 0.3) is 0 Å². The Morgan fingerprint density at radius 2 is 2.08 bits per heavy atom. The third kappa shape index (κ3) is 5.31. The van der Waals surface area contributed by atoms with Gasteiger partial charge in [-0.25, -0.2) is 14.4 Å². The normalized spacial score (nSPS) is 17.4. The van der Waals surface area contributed by atoms with Gasteiger partial charge < -0.3 is 26.4 Å². The molecular weight excluding hydrogens is 473 g/mol. The lowest BCUT2D eigenvalue weighted by atomic mass is 10.0. The van der Waals surface area contributed by atoms with Crippen molar-refractivity contribution in [2.45, 2.75) is 12.1 Å². The zero-order valence-corrected chi connectivity index (χ0v) is 19.9. The topological polar surface area (TPSA) is 127 Å². The monoisotopic (exact) mass is 499 g/mol. The molecule has 2 aromatic heterocycles. The molecule has 188 valence electrons. The Morgan fingerprint density at radius 3 is 2.86 bits per heavy atom. The Hall–Kier alpha value is -4.25. The molecule has 1 aliphatic heterocycles. The van der Waals surface area contributed by atoms with E-state index in [-0.39, 0.29) is 18.1 Å². The number of rotatable bonds is 7. The highest BCUT2D eigenvalue weighted by Crippen LogP contribution is 2.32. The van der Waals surface area contributed by atoms with E-state index >= 15 is 4.39 Å². The molecule has 1 amide bonds. The van der Waals surface area contributed by atoms with Gasteiger partial charge in [0.05, 0.1) is 35.7 Å². The van der Waals surface area contributed by atoms with Crippen LogP contribution in [0.1, 0.15) is 11.8 Å². The van der Waals surface area contributed by atoms with Crippen molar-refractivity contribution in [3.63, 3.8) is 0 Å². The number of halogens is 1. The third-order valence-electron chi connectivity index (χ3n) is 6.07. The van der Waals surface area contributed by atoms with E-state index in [2.05, 4.69) is 37.5 Å². The van der Waals surface area contributed by atoms with Crippen molar-refractivity contribution in [2.75, 3.05) is 30.3 Å². The van der Waals surface area contributed by atoms with E-state index in [9.17, 15) is 4.79 Å².